The Kier molecular flexibility index (Phi) is 8.89. The maximum Gasteiger partial charge on any atom is 0.274 e. The number of nitrogens with one attached hydrogen (secondary N) is 3. The fourth-order valence-corrected chi connectivity index (χ4v) is 8.96. The maximum absolute atomic E-state index is 14.4. The van der Waals surface area contributed by atoms with Crippen molar-refractivity contribution in [1.82, 2.24) is 19.9 Å². The number of hydrogen-bond acceptors (Lipinski definition) is 9. The Morgan fingerprint density at radius 2 is 1.94 bits per heavy atom. The number of carbonyl (C=O) groups excluding carboxylic acids is 3. The highest BCUT2D eigenvalue weighted by Crippen LogP contribution is 2.47. The summed E-state index contributed by atoms with van der Waals surface area (Å²) in [6, 6.07) is 11.8. The predicted octanol–water partition coefficient (Wildman–Crippen LogP) is 4.66. The summed E-state index contributed by atoms with van der Waals surface area (Å²) in [5.74, 6) is -2.51. The number of carbonyl (C=O) groups is 3. The molecule has 2 aliphatic heterocycles. The van der Waals surface area contributed by atoms with E-state index in [1.165, 1.54) is 28.4 Å². The number of halogens is 1. The van der Waals surface area contributed by atoms with Crippen molar-refractivity contribution < 1.29 is 31.9 Å². The Balaban J connectivity index is 1.18. The number of ether oxygens (including phenoxy) is 1. The van der Waals surface area contributed by atoms with E-state index in [0.29, 0.717) is 30.1 Å². The van der Waals surface area contributed by atoms with Crippen LogP contribution in [0.1, 0.15) is 64.7 Å². The molecular weight excluding hydrogens is 670 g/mol. The van der Waals surface area contributed by atoms with Crippen LogP contribution in [-0.2, 0) is 24.4 Å². The quantitative estimate of drug-likeness (QED) is 0.301. The highest BCUT2D eigenvalue weighted by atomic mass is 32.2. The van der Waals surface area contributed by atoms with Gasteiger partial charge in [0.15, 0.2) is 0 Å². The second-order valence-electron chi connectivity index (χ2n) is 13.9. The standard InChI is InChI=1S/C35H40FN5O6S2/c1-34(16-17-34)49(45,46)40-32(44)35-20-22(35)10-5-3-2-4-6-14-27(37-24-12-9-11-23(36)18-24)31(43)41-21-25(19-28(41)30(42)39-35)47-33-38-26-13-7-8-15-29(26)48-33/h5,7-13,15,18,22,25,27-28,37H,2-4,6,14,16-17,19-21H2,1H3,(H,39,42)(H,40,44)/t22-,25-,27+,28+,35-/m1/s1. The van der Waals surface area contributed by atoms with Crippen molar-refractivity contribution in [3.05, 3.63) is 66.5 Å². The van der Waals surface area contributed by atoms with Crippen LogP contribution in [0.5, 0.6) is 5.19 Å². The van der Waals surface area contributed by atoms with Crippen LogP contribution in [0, 0.1) is 11.7 Å². The van der Waals surface area contributed by atoms with Crippen molar-refractivity contribution in [2.75, 3.05) is 11.9 Å². The topological polar surface area (TPSA) is 147 Å². The number of sulfonamides is 1. The summed E-state index contributed by atoms with van der Waals surface area (Å²) in [5.41, 5.74) is -0.241. The third-order valence-electron chi connectivity index (χ3n) is 10.2. The lowest BCUT2D eigenvalue weighted by Gasteiger charge is -2.30. The highest BCUT2D eigenvalue weighted by molar-refractivity contribution is 7.91. The molecule has 2 saturated carbocycles. The average molecular weight is 710 g/mol. The summed E-state index contributed by atoms with van der Waals surface area (Å²) >= 11 is 1.37. The van der Waals surface area contributed by atoms with E-state index in [1.807, 2.05) is 36.4 Å². The average Bonchev–Trinajstić information content (AvgIpc) is 3.87. The van der Waals surface area contributed by atoms with Crippen LogP contribution >= 0.6 is 11.3 Å². The van der Waals surface area contributed by atoms with Crippen LogP contribution in [0.15, 0.2) is 60.7 Å². The van der Waals surface area contributed by atoms with E-state index < -0.39 is 62.0 Å². The SMILES string of the molecule is CC1(S(=O)(=O)NC(=O)[C@@]23C[C@H]2C=CCCCCC[C@H](Nc2cccc(F)c2)C(=O)N2C[C@H](Oc4nc5ccccc5s4)C[C@H]2C(=O)N3)CC1. The number of thiazole rings is 1. The van der Waals surface area contributed by atoms with E-state index in [4.69, 9.17) is 4.74 Å². The normalized spacial score (nSPS) is 28.4. The minimum absolute atomic E-state index is 0.0867. The molecule has 3 heterocycles. The number of para-hydroxylation sites is 1. The second-order valence-corrected chi connectivity index (χ2v) is 17.0. The Morgan fingerprint density at radius 1 is 1.12 bits per heavy atom. The van der Waals surface area contributed by atoms with Crippen molar-refractivity contribution >= 4 is 55.0 Å². The van der Waals surface area contributed by atoms with Crippen LogP contribution < -0.4 is 20.1 Å². The molecule has 3 amide bonds. The first-order valence-electron chi connectivity index (χ1n) is 16.9. The van der Waals surface area contributed by atoms with Gasteiger partial charge in [0.05, 0.1) is 21.5 Å². The number of rotatable bonds is 7. The maximum atomic E-state index is 14.4. The summed E-state index contributed by atoms with van der Waals surface area (Å²) in [6.07, 6.45) is 8.14. The Bertz CT molecular complexity index is 1880. The molecule has 0 radical (unpaired) electrons. The molecule has 0 unspecified atom stereocenters. The third-order valence-corrected chi connectivity index (χ3v) is 13.3. The molecule has 2 aromatic carbocycles. The zero-order valence-electron chi connectivity index (χ0n) is 27.2. The number of aromatic nitrogens is 1. The molecule has 5 atom stereocenters. The van der Waals surface area contributed by atoms with E-state index in [-0.39, 0.29) is 25.3 Å². The Morgan fingerprint density at radius 3 is 2.71 bits per heavy atom. The molecule has 1 saturated heterocycles. The van der Waals surface area contributed by atoms with Crippen molar-refractivity contribution in [3.8, 4) is 5.19 Å². The van der Waals surface area contributed by atoms with E-state index in [2.05, 4.69) is 20.3 Å². The largest absolute Gasteiger partial charge is 0.465 e. The van der Waals surface area contributed by atoms with Crippen molar-refractivity contribution in [2.24, 2.45) is 5.92 Å². The van der Waals surface area contributed by atoms with E-state index in [1.54, 1.807) is 19.1 Å². The molecule has 260 valence electrons. The summed E-state index contributed by atoms with van der Waals surface area (Å²) in [4.78, 5) is 48.4. The first-order valence-corrected chi connectivity index (χ1v) is 19.2. The van der Waals surface area contributed by atoms with Crippen LogP contribution in [-0.4, -0.2) is 71.0 Å². The van der Waals surface area contributed by atoms with Crippen LogP contribution in [0.3, 0.4) is 0 Å². The molecule has 2 aliphatic carbocycles. The Hall–Kier alpha value is -4.04. The summed E-state index contributed by atoms with van der Waals surface area (Å²) < 4.78 is 48.7. The van der Waals surface area contributed by atoms with Gasteiger partial charge in [-0.2, -0.15) is 0 Å². The van der Waals surface area contributed by atoms with E-state index in [0.717, 1.165) is 35.9 Å². The molecule has 11 nitrogen and oxygen atoms in total. The van der Waals surface area contributed by atoms with Crippen molar-refractivity contribution in [2.45, 2.75) is 93.2 Å². The molecule has 3 fully saturated rings. The van der Waals surface area contributed by atoms with Crippen LogP contribution in [0.4, 0.5) is 10.1 Å². The van der Waals surface area contributed by atoms with Gasteiger partial charge in [0.25, 0.3) is 11.1 Å². The number of amides is 3. The fraction of sp³-hybridized carbons (Fsp3) is 0.486. The molecular formula is C35H40FN5O6S2. The monoisotopic (exact) mass is 709 g/mol. The van der Waals surface area contributed by atoms with E-state index >= 15 is 0 Å². The predicted molar refractivity (Wildman–Crippen MR) is 184 cm³/mol. The minimum atomic E-state index is -3.95. The number of anilines is 1. The van der Waals surface area contributed by atoms with Gasteiger partial charge in [0.2, 0.25) is 21.8 Å². The van der Waals surface area contributed by atoms with Crippen molar-refractivity contribution in [3.63, 3.8) is 0 Å². The van der Waals surface area contributed by atoms with Gasteiger partial charge in [-0.15, -0.1) is 0 Å². The van der Waals surface area contributed by atoms with Gasteiger partial charge in [-0.1, -0.05) is 54.5 Å². The Labute approximate surface area is 288 Å². The van der Waals surface area contributed by atoms with Gasteiger partial charge < -0.3 is 20.3 Å². The number of fused-ring (bicyclic) bond motifs is 3. The molecule has 7 rings (SSSR count). The van der Waals surface area contributed by atoms with Gasteiger partial charge in [-0.25, -0.2) is 17.8 Å². The molecule has 0 bridgehead atoms. The number of benzene rings is 2. The number of hydrogen-bond donors (Lipinski definition) is 3. The number of nitrogens with zero attached hydrogens (tertiary/aromatic N) is 2. The highest BCUT2D eigenvalue weighted by Gasteiger charge is 2.63. The second kappa shape index (κ2) is 13.0. The smallest absolute Gasteiger partial charge is 0.274 e. The lowest BCUT2D eigenvalue weighted by molar-refractivity contribution is -0.140. The summed E-state index contributed by atoms with van der Waals surface area (Å²) in [7, 11) is -3.95. The first kappa shape index (κ1) is 33.5. The molecule has 3 N–H and O–H groups in total. The molecule has 1 aromatic heterocycles. The molecule has 14 heteroatoms. The lowest BCUT2D eigenvalue weighted by atomic mass is 10.0. The summed E-state index contributed by atoms with van der Waals surface area (Å²) in [6.45, 7) is 1.69. The van der Waals surface area contributed by atoms with Crippen LogP contribution in [0.25, 0.3) is 10.2 Å². The third kappa shape index (κ3) is 6.89. The molecule has 0 spiro atoms. The van der Waals surface area contributed by atoms with E-state index in [9.17, 15) is 27.2 Å². The fourth-order valence-electron chi connectivity index (χ4n) is 6.77. The van der Waals surface area contributed by atoms with Gasteiger partial charge >= 0.3 is 0 Å². The zero-order valence-corrected chi connectivity index (χ0v) is 28.8. The lowest BCUT2D eigenvalue weighted by Crippen LogP contribution is -2.58. The van der Waals surface area contributed by atoms with Gasteiger partial charge in [-0.05, 0) is 75.8 Å². The minimum Gasteiger partial charge on any atom is -0.465 e. The van der Waals surface area contributed by atoms with Gasteiger partial charge in [-0.3, -0.25) is 19.1 Å². The van der Waals surface area contributed by atoms with Crippen LogP contribution in [0.2, 0.25) is 0 Å². The van der Waals surface area contributed by atoms with Crippen molar-refractivity contribution in [1.29, 1.82) is 0 Å². The molecule has 3 aromatic rings. The zero-order chi connectivity index (χ0) is 34.4. The summed E-state index contributed by atoms with van der Waals surface area (Å²) in [5, 5.41) is 6.52. The molecule has 49 heavy (non-hydrogen) atoms. The molecule has 4 aliphatic rings. The van der Waals surface area contributed by atoms with Gasteiger partial charge in [0.1, 0.15) is 29.5 Å². The van der Waals surface area contributed by atoms with Gasteiger partial charge in [0, 0.05) is 18.0 Å². The first-order chi connectivity index (χ1) is 23.5. The number of allylic oxidation sites excluding steroid dienone is 1.